The van der Waals surface area contributed by atoms with Crippen LogP contribution in [0.2, 0.25) is 0 Å². The van der Waals surface area contributed by atoms with Gasteiger partial charge in [0.15, 0.2) is 23.3 Å². The molecule has 1 rings (SSSR count). The molecule has 0 saturated carbocycles. The fourth-order valence-corrected chi connectivity index (χ4v) is 1.66. The van der Waals surface area contributed by atoms with Crippen molar-refractivity contribution in [2.45, 2.75) is 39.2 Å². The van der Waals surface area contributed by atoms with Gasteiger partial charge in [-0.05, 0) is 12.8 Å². The Morgan fingerprint density at radius 2 is 1.28 bits per heavy atom. The number of rotatable bonds is 5. The molecule has 0 bridgehead atoms. The second kappa shape index (κ2) is 6.02. The Bertz CT molecular complexity index is 404. The fourth-order valence-electron chi connectivity index (χ4n) is 1.66. The first-order chi connectivity index (χ1) is 8.43. The number of hydrogen-bond acceptors (Lipinski definition) is 1. The van der Waals surface area contributed by atoms with Crippen LogP contribution in [0.4, 0.5) is 27.6 Å². The second-order valence-electron chi connectivity index (χ2n) is 3.98. The van der Waals surface area contributed by atoms with E-state index in [-0.39, 0.29) is 6.04 Å². The quantitative estimate of drug-likeness (QED) is 0.474. The first-order valence-electron chi connectivity index (χ1n) is 5.71. The maximum absolute atomic E-state index is 13.4. The molecular formula is C12H14F5N. The molecule has 1 atom stereocenters. The van der Waals surface area contributed by atoms with Gasteiger partial charge >= 0.3 is 0 Å². The summed E-state index contributed by atoms with van der Waals surface area (Å²) < 4.78 is 65.4. The van der Waals surface area contributed by atoms with Crippen LogP contribution in [0.5, 0.6) is 0 Å². The minimum Gasteiger partial charge on any atom is -0.377 e. The van der Waals surface area contributed by atoms with E-state index in [4.69, 9.17) is 0 Å². The summed E-state index contributed by atoms with van der Waals surface area (Å²) in [6, 6.07) is -0.330. The molecule has 1 aromatic carbocycles. The van der Waals surface area contributed by atoms with Gasteiger partial charge in [0.05, 0.1) is 0 Å². The van der Waals surface area contributed by atoms with E-state index in [1.165, 1.54) is 0 Å². The molecule has 0 heterocycles. The number of nitrogens with one attached hydrogen (secondary N) is 1. The largest absolute Gasteiger partial charge is 0.377 e. The fraction of sp³-hybridized carbons (Fsp3) is 0.500. The third kappa shape index (κ3) is 2.73. The maximum atomic E-state index is 13.4. The van der Waals surface area contributed by atoms with Gasteiger partial charge in [-0.1, -0.05) is 20.3 Å². The van der Waals surface area contributed by atoms with Crippen LogP contribution in [0, 0.1) is 29.1 Å². The topological polar surface area (TPSA) is 12.0 Å². The number of halogens is 5. The summed E-state index contributed by atoms with van der Waals surface area (Å²) in [7, 11) is 0. The molecule has 102 valence electrons. The lowest BCUT2D eigenvalue weighted by atomic mass is 10.1. The molecule has 0 radical (unpaired) electrons. The van der Waals surface area contributed by atoms with Gasteiger partial charge in [0, 0.05) is 6.04 Å². The molecule has 1 N–H and O–H groups in total. The summed E-state index contributed by atoms with van der Waals surface area (Å²) in [5.74, 6) is -9.63. The molecule has 6 heteroatoms. The summed E-state index contributed by atoms with van der Waals surface area (Å²) >= 11 is 0. The summed E-state index contributed by atoms with van der Waals surface area (Å²) in [5, 5.41) is 2.38. The molecule has 18 heavy (non-hydrogen) atoms. The predicted molar refractivity (Wildman–Crippen MR) is 58.8 cm³/mol. The van der Waals surface area contributed by atoms with Gasteiger partial charge < -0.3 is 5.32 Å². The van der Waals surface area contributed by atoms with Crippen molar-refractivity contribution in [1.29, 1.82) is 0 Å². The van der Waals surface area contributed by atoms with Gasteiger partial charge in [-0.3, -0.25) is 0 Å². The first-order valence-corrected chi connectivity index (χ1v) is 5.71. The lowest BCUT2D eigenvalue weighted by Gasteiger charge is -2.19. The van der Waals surface area contributed by atoms with Crippen LogP contribution in [0.3, 0.4) is 0 Å². The third-order valence-electron chi connectivity index (χ3n) is 2.69. The Balaban J connectivity index is 3.16. The maximum Gasteiger partial charge on any atom is 0.200 e. The van der Waals surface area contributed by atoms with Gasteiger partial charge in [-0.15, -0.1) is 0 Å². The van der Waals surface area contributed by atoms with E-state index >= 15 is 0 Å². The van der Waals surface area contributed by atoms with Crippen LogP contribution in [0.25, 0.3) is 0 Å². The standard InChI is InChI=1S/C12H14F5N/c1-3-5-6(4-2)18-12-10(16)8(14)7(13)9(15)11(12)17/h6,18H,3-5H2,1-2H3. The van der Waals surface area contributed by atoms with Crippen molar-refractivity contribution >= 4 is 5.69 Å². The molecule has 0 aliphatic heterocycles. The molecule has 0 aliphatic carbocycles. The zero-order valence-electron chi connectivity index (χ0n) is 10.1. The smallest absolute Gasteiger partial charge is 0.200 e. The summed E-state index contributed by atoms with van der Waals surface area (Å²) in [6.45, 7) is 3.63. The molecule has 0 aliphatic rings. The van der Waals surface area contributed by atoms with E-state index in [1.807, 2.05) is 6.92 Å². The Labute approximate surface area is 102 Å². The van der Waals surface area contributed by atoms with Crippen molar-refractivity contribution in [2.24, 2.45) is 0 Å². The highest BCUT2D eigenvalue weighted by atomic mass is 19.2. The Kier molecular flexibility index (Phi) is 4.93. The van der Waals surface area contributed by atoms with Gasteiger partial charge in [-0.2, -0.15) is 0 Å². The molecule has 0 fully saturated rings. The zero-order chi connectivity index (χ0) is 13.9. The van der Waals surface area contributed by atoms with E-state index < -0.39 is 34.8 Å². The molecular weight excluding hydrogens is 253 g/mol. The normalized spacial score (nSPS) is 12.6. The molecule has 0 amide bonds. The van der Waals surface area contributed by atoms with Gasteiger partial charge in [0.25, 0.3) is 0 Å². The zero-order valence-corrected chi connectivity index (χ0v) is 10.1. The average molecular weight is 267 g/mol. The van der Waals surface area contributed by atoms with Crippen molar-refractivity contribution < 1.29 is 22.0 Å². The van der Waals surface area contributed by atoms with Crippen LogP contribution in [-0.2, 0) is 0 Å². The van der Waals surface area contributed by atoms with Crippen molar-refractivity contribution in [3.05, 3.63) is 29.1 Å². The molecule has 1 nitrogen and oxygen atoms in total. The highest BCUT2D eigenvalue weighted by Crippen LogP contribution is 2.28. The second-order valence-corrected chi connectivity index (χ2v) is 3.98. The van der Waals surface area contributed by atoms with Crippen LogP contribution < -0.4 is 5.32 Å². The van der Waals surface area contributed by atoms with Crippen LogP contribution in [0.1, 0.15) is 33.1 Å². The molecule has 0 aromatic heterocycles. The van der Waals surface area contributed by atoms with E-state index in [0.717, 1.165) is 6.42 Å². The Morgan fingerprint density at radius 3 is 1.67 bits per heavy atom. The number of hydrogen-bond donors (Lipinski definition) is 1. The monoisotopic (exact) mass is 267 g/mol. The highest BCUT2D eigenvalue weighted by molar-refractivity contribution is 5.48. The van der Waals surface area contributed by atoms with E-state index in [2.05, 4.69) is 5.32 Å². The van der Waals surface area contributed by atoms with Crippen molar-refractivity contribution in [3.8, 4) is 0 Å². The molecule has 0 saturated heterocycles. The predicted octanol–water partition coefficient (Wildman–Crippen LogP) is 4.37. The number of benzene rings is 1. The van der Waals surface area contributed by atoms with Crippen LogP contribution >= 0.6 is 0 Å². The summed E-state index contributed by atoms with van der Waals surface area (Å²) in [5.41, 5.74) is -0.952. The van der Waals surface area contributed by atoms with Crippen LogP contribution in [-0.4, -0.2) is 6.04 Å². The summed E-state index contributed by atoms with van der Waals surface area (Å²) in [6.07, 6.45) is 1.84. The minimum absolute atomic E-state index is 0.330. The highest BCUT2D eigenvalue weighted by Gasteiger charge is 2.26. The average Bonchev–Trinajstić information content (AvgIpc) is 2.37. The SMILES string of the molecule is CCCC(CC)Nc1c(F)c(F)c(F)c(F)c1F. The molecule has 1 aromatic rings. The van der Waals surface area contributed by atoms with Gasteiger partial charge in [0.1, 0.15) is 5.69 Å². The van der Waals surface area contributed by atoms with Crippen LogP contribution in [0.15, 0.2) is 0 Å². The van der Waals surface area contributed by atoms with Crippen molar-refractivity contribution in [2.75, 3.05) is 5.32 Å². The molecule has 1 unspecified atom stereocenters. The Hall–Kier alpha value is -1.33. The lowest BCUT2D eigenvalue weighted by molar-refractivity contribution is 0.380. The van der Waals surface area contributed by atoms with E-state index in [0.29, 0.717) is 12.8 Å². The first kappa shape index (κ1) is 14.7. The Morgan fingerprint density at radius 1 is 0.833 bits per heavy atom. The van der Waals surface area contributed by atoms with Crippen molar-refractivity contribution in [3.63, 3.8) is 0 Å². The minimum atomic E-state index is -2.14. The molecule has 0 spiro atoms. The summed E-state index contributed by atoms with van der Waals surface area (Å²) in [4.78, 5) is 0. The van der Waals surface area contributed by atoms with E-state index in [9.17, 15) is 22.0 Å². The lowest BCUT2D eigenvalue weighted by Crippen LogP contribution is -2.21. The van der Waals surface area contributed by atoms with E-state index in [1.54, 1.807) is 6.92 Å². The van der Waals surface area contributed by atoms with Gasteiger partial charge in [0.2, 0.25) is 5.82 Å². The third-order valence-corrected chi connectivity index (χ3v) is 2.69. The van der Waals surface area contributed by atoms with Gasteiger partial charge in [-0.25, -0.2) is 22.0 Å². The number of anilines is 1. The van der Waals surface area contributed by atoms with Crippen molar-refractivity contribution in [1.82, 2.24) is 0 Å².